The van der Waals surface area contributed by atoms with Gasteiger partial charge in [-0.1, -0.05) is 36.4 Å². The van der Waals surface area contributed by atoms with E-state index in [-0.39, 0.29) is 0 Å². The molecule has 0 saturated carbocycles. The molecule has 0 aliphatic rings. The Hall–Kier alpha value is 0.0600. The molecule has 0 atom stereocenters. The molecular weight excluding hydrogens is 305 g/mol. The monoisotopic (exact) mass is 320 g/mol. The van der Waals surface area contributed by atoms with Gasteiger partial charge in [0.2, 0.25) is 0 Å². The normalized spacial score (nSPS) is 12.7. The second-order valence-electron chi connectivity index (χ2n) is 3.23. The Labute approximate surface area is 96.5 Å². The van der Waals surface area contributed by atoms with Crippen molar-refractivity contribution in [3.8, 4) is 0 Å². The van der Waals surface area contributed by atoms with Crippen molar-refractivity contribution in [3.05, 3.63) is 0 Å². The smallest absolute Gasteiger partial charge is 0.376 e. The standard InChI is InChI=1S/C9H15F2IO2/c1-4-8(12,5-2)6-9(10,11)7(13)14-3/h4-6H2,1-3H3. The van der Waals surface area contributed by atoms with Gasteiger partial charge in [-0.25, -0.2) is 4.79 Å². The number of hydrogen-bond donors (Lipinski definition) is 0. The molecule has 0 spiro atoms. The third-order valence-electron chi connectivity index (χ3n) is 2.29. The quantitative estimate of drug-likeness (QED) is 0.442. The van der Waals surface area contributed by atoms with E-state index in [0.717, 1.165) is 7.11 Å². The van der Waals surface area contributed by atoms with Crippen LogP contribution in [0.15, 0.2) is 0 Å². The van der Waals surface area contributed by atoms with E-state index < -0.39 is 21.7 Å². The van der Waals surface area contributed by atoms with E-state index in [1.165, 1.54) is 0 Å². The van der Waals surface area contributed by atoms with Gasteiger partial charge < -0.3 is 4.74 Å². The van der Waals surface area contributed by atoms with E-state index in [9.17, 15) is 13.6 Å². The molecular formula is C9H15F2IO2. The summed E-state index contributed by atoms with van der Waals surface area (Å²) in [4.78, 5) is 10.8. The number of carbonyl (C=O) groups is 1. The van der Waals surface area contributed by atoms with Crippen molar-refractivity contribution in [3.63, 3.8) is 0 Å². The second kappa shape index (κ2) is 5.23. The molecule has 0 fully saturated rings. The van der Waals surface area contributed by atoms with Crippen LogP contribution < -0.4 is 0 Å². The lowest BCUT2D eigenvalue weighted by Crippen LogP contribution is -2.37. The molecule has 0 aromatic rings. The minimum absolute atomic E-state index is 0.458. The zero-order valence-electron chi connectivity index (χ0n) is 8.57. The second-order valence-corrected chi connectivity index (χ2v) is 5.52. The van der Waals surface area contributed by atoms with E-state index in [1.807, 2.05) is 36.4 Å². The first kappa shape index (κ1) is 14.1. The number of methoxy groups -OCH3 is 1. The van der Waals surface area contributed by atoms with Crippen molar-refractivity contribution >= 4 is 28.6 Å². The zero-order chi connectivity index (χ0) is 11.4. The Morgan fingerprint density at radius 2 is 1.79 bits per heavy atom. The number of rotatable bonds is 5. The minimum Gasteiger partial charge on any atom is -0.465 e. The highest BCUT2D eigenvalue weighted by atomic mass is 127. The molecule has 0 unspecified atom stereocenters. The highest BCUT2D eigenvalue weighted by Crippen LogP contribution is 2.38. The lowest BCUT2D eigenvalue weighted by atomic mass is 9.95. The summed E-state index contributed by atoms with van der Waals surface area (Å²) in [6, 6.07) is 0. The first-order chi connectivity index (χ1) is 6.31. The molecule has 14 heavy (non-hydrogen) atoms. The Balaban J connectivity index is 4.55. The molecule has 0 aromatic heterocycles. The Morgan fingerprint density at radius 3 is 2.07 bits per heavy atom. The van der Waals surface area contributed by atoms with Gasteiger partial charge in [0.25, 0.3) is 0 Å². The minimum atomic E-state index is -3.37. The van der Waals surface area contributed by atoms with Crippen molar-refractivity contribution in [1.82, 2.24) is 0 Å². The average Bonchev–Trinajstić information content (AvgIpc) is 2.15. The number of alkyl halides is 3. The number of hydrogen-bond acceptors (Lipinski definition) is 2. The topological polar surface area (TPSA) is 26.3 Å². The maximum atomic E-state index is 13.2. The molecule has 0 aromatic carbocycles. The van der Waals surface area contributed by atoms with Gasteiger partial charge in [-0.3, -0.25) is 0 Å². The summed E-state index contributed by atoms with van der Waals surface area (Å²) >= 11 is 1.99. The first-order valence-corrected chi connectivity index (χ1v) is 5.54. The van der Waals surface area contributed by atoms with Crippen molar-refractivity contribution in [2.75, 3.05) is 7.11 Å². The van der Waals surface area contributed by atoms with Crippen LogP contribution in [0.5, 0.6) is 0 Å². The number of carbonyl (C=O) groups excluding carboxylic acids is 1. The SMILES string of the molecule is CCC(I)(CC)CC(F)(F)C(=O)OC. The van der Waals surface area contributed by atoms with E-state index in [4.69, 9.17) is 0 Å². The largest absolute Gasteiger partial charge is 0.465 e. The van der Waals surface area contributed by atoms with E-state index in [2.05, 4.69) is 4.74 Å². The van der Waals surface area contributed by atoms with E-state index >= 15 is 0 Å². The highest BCUT2D eigenvalue weighted by Gasteiger charge is 2.46. The van der Waals surface area contributed by atoms with Crippen LogP contribution in [0.1, 0.15) is 33.1 Å². The van der Waals surface area contributed by atoms with Crippen LogP contribution in [0.3, 0.4) is 0 Å². The first-order valence-electron chi connectivity index (χ1n) is 4.46. The molecule has 0 saturated heterocycles. The maximum Gasteiger partial charge on any atom is 0.376 e. The average molecular weight is 320 g/mol. The van der Waals surface area contributed by atoms with Gasteiger partial charge in [-0.15, -0.1) is 0 Å². The molecule has 0 radical (unpaired) electrons. The fourth-order valence-electron chi connectivity index (χ4n) is 1.12. The predicted molar refractivity (Wildman–Crippen MR) is 58.9 cm³/mol. The lowest BCUT2D eigenvalue weighted by Gasteiger charge is -2.27. The molecule has 5 heteroatoms. The van der Waals surface area contributed by atoms with Crippen LogP contribution in [0, 0.1) is 0 Å². The summed E-state index contributed by atoms with van der Waals surface area (Å²) < 4.78 is 29.9. The van der Waals surface area contributed by atoms with Gasteiger partial charge in [0.05, 0.1) is 7.11 Å². The summed E-state index contributed by atoms with van der Waals surface area (Å²) in [5.74, 6) is -4.82. The zero-order valence-corrected chi connectivity index (χ0v) is 10.7. The predicted octanol–water partition coefficient (Wildman–Crippen LogP) is 3.18. The molecule has 2 nitrogen and oxygen atoms in total. The van der Waals surface area contributed by atoms with Gasteiger partial charge in [0.15, 0.2) is 0 Å². The molecule has 0 amide bonds. The third-order valence-corrected chi connectivity index (χ3v) is 4.20. The summed E-state index contributed by atoms with van der Waals surface area (Å²) in [7, 11) is 0.975. The molecule has 0 aliphatic carbocycles. The van der Waals surface area contributed by atoms with Crippen LogP contribution in [-0.4, -0.2) is 22.4 Å². The molecule has 0 rings (SSSR count). The molecule has 0 heterocycles. The fraction of sp³-hybridized carbons (Fsp3) is 0.889. The van der Waals surface area contributed by atoms with E-state index in [1.54, 1.807) is 0 Å². The molecule has 0 bridgehead atoms. The molecule has 84 valence electrons. The molecule has 0 aliphatic heterocycles. The van der Waals surface area contributed by atoms with Gasteiger partial charge in [-0.05, 0) is 12.8 Å². The Kier molecular flexibility index (Phi) is 5.25. The maximum absolute atomic E-state index is 13.2. The van der Waals surface area contributed by atoms with Crippen molar-refractivity contribution in [2.45, 2.75) is 42.5 Å². The fourth-order valence-corrected chi connectivity index (χ4v) is 1.60. The number of ether oxygens (including phenoxy) is 1. The summed E-state index contributed by atoms with van der Waals surface area (Å²) in [6.07, 6.45) is 0.757. The van der Waals surface area contributed by atoms with Gasteiger partial charge in [0, 0.05) is 9.84 Å². The number of halogens is 3. The van der Waals surface area contributed by atoms with Crippen LogP contribution in [0.4, 0.5) is 8.78 Å². The van der Waals surface area contributed by atoms with E-state index in [0.29, 0.717) is 12.8 Å². The van der Waals surface area contributed by atoms with Gasteiger partial charge in [-0.2, -0.15) is 8.78 Å². The van der Waals surface area contributed by atoms with Gasteiger partial charge >= 0.3 is 11.9 Å². The van der Waals surface area contributed by atoms with Crippen LogP contribution in [0.2, 0.25) is 0 Å². The molecule has 0 N–H and O–H groups in total. The summed E-state index contributed by atoms with van der Waals surface area (Å²) in [5.41, 5.74) is 0. The summed E-state index contributed by atoms with van der Waals surface area (Å²) in [6.45, 7) is 3.67. The Bertz CT molecular complexity index is 203. The number of esters is 1. The van der Waals surface area contributed by atoms with Crippen molar-refractivity contribution in [2.24, 2.45) is 0 Å². The Morgan fingerprint density at radius 1 is 1.36 bits per heavy atom. The van der Waals surface area contributed by atoms with Crippen molar-refractivity contribution < 1.29 is 18.3 Å². The van der Waals surface area contributed by atoms with Crippen LogP contribution in [0.25, 0.3) is 0 Å². The van der Waals surface area contributed by atoms with Crippen molar-refractivity contribution in [1.29, 1.82) is 0 Å². The van der Waals surface area contributed by atoms with Crippen LogP contribution >= 0.6 is 22.6 Å². The lowest BCUT2D eigenvalue weighted by molar-refractivity contribution is -0.170. The summed E-state index contributed by atoms with van der Waals surface area (Å²) in [5, 5.41) is 0. The third kappa shape index (κ3) is 3.67. The highest BCUT2D eigenvalue weighted by molar-refractivity contribution is 14.1. The van der Waals surface area contributed by atoms with Crippen LogP contribution in [-0.2, 0) is 9.53 Å². The van der Waals surface area contributed by atoms with Gasteiger partial charge in [0.1, 0.15) is 0 Å².